The lowest BCUT2D eigenvalue weighted by molar-refractivity contribution is 0.0964. The summed E-state index contributed by atoms with van der Waals surface area (Å²) >= 11 is 0. The zero-order valence-electron chi connectivity index (χ0n) is 16.6. The molecule has 0 radical (unpaired) electrons. The number of ketones is 1. The normalized spacial score (nSPS) is 17.5. The number of rotatable bonds is 2. The molecule has 0 saturated carbocycles. The Bertz CT molecular complexity index is 1270. The van der Waals surface area contributed by atoms with E-state index in [-0.39, 0.29) is 11.2 Å². The van der Waals surface area contributed by atoms with Crippen molar-refractivity contribution in [3.05, 3.63) is 72.3 Å². The third-order valence-electron chi connectivity index (χ3n) is 6.79. The minimum Gasteiger partial charge on any atom is -0.346 e. The number of Topliss-reactive ketones (excluding diaryl/α,β-unsaturated/α-hetero) is 1. The van der Waals surface area contributed by atoms with E-state index in [0.717, 1.165) is 64.8 Å². The number of piperidine rings is 1. The van der Waals surface area contributed by atoms with E-state index >= 15 is 0 Å². The van der Waals surface area contributed by atoms with Crippen molar-refractivity contribution >= 4 is 16.8 Å². The standard InChI is InChI=1S/C25H22N4O/c30-23-12-25(5-8-26-9-6-25)22-11-16(3-4-19(22)23)21-15-29-24-20(21)10-18(14-28-24)17-2-1-7-27-13-17/h1-4,7,10-11,13-15,26H,5-6,8-9,12H2,(H,28,29). The predicted octanol–water partition coefficient (Wildman–Crippen LogP) is 4.50. The highest BCUT2D eigenvalue weighted by atomic mass is 16.1. The highest BCUT2D eigenvalue weighted by molar-refractivity contribution is 6.04. The van der Waals surface area contributed by atoms with Gasteiger partial charge in [-0.25, -0.2) is 4.98 Å². The zero-order chi connectivity index (χ0) is 20.1. The molecule has 0 unspecified atom stereocenters. The Labute approximate surface area is 174 Å². The van der Waals surface area contributed by atoms with Gasteiger partial charge in [0, 0.05) is 64.3 Å². The molecule has 0 amide bonds. The summed E-state index contributed by atoms with van der Waals surface area (Å²) in [7, 11) is 0. The van der Waals surface area contributed by atoms with E-state index in [0.29, 0.717) is 6.42 Å². The molecule has 1 saturated heterocycles. The van der Waals surface area contributed by atoms with Gasteiger partial charge in [-0.1, -0.05) is 18.2 Å². The molecule has 2 aliphatic rings. The van der Waals surface area contributed by atoms with E-state index in [1.165, 1.54) is 5.56 Å². The van der Waals surface area contributed by atoms with Crippen LogP contribution in [0.4, 0.5) is 0 Å². The first-order valence-electron chi connectivity index (χ1n) is 10.5. The Hall–Kier alpha value is -3.31. The van der Waals surface area contributed by atoms with Crippen LogP contribution < -0.4 is 5.32 Å². The first kappa shape index (κ1) is 17.5. The maximum atomic E-state index is 12.7. The van der Waals surface area contributed by atoms with Crippen LogP contribution in [-0.2, 0) is 5.41 Å². The molecule has 3 aromatic heterocycles. The van der Waals surface area contributed by atoms with Crippen LogP contribution in [0.25, 0.3) is 33.3 Å². The summed E-state index contributed by atoms with van der Waals surface area (Å²) in [5, 5.41) is 4.52. The first-order chi connectivity index (χ1) is 14.7. The summed E-state index contributed by atoms with van der Waals surface area (Å²) in [6.07, 6.45) is 10.2. The smallest absolute Gasteiger partial charge is 0.164 e. The second-order valence-electron chi connectivity index (χ2n) is 8.45. The second-order valence-corrected chi connectivity index (χ2v) is 8.45. The molecule has 6 rings (SSSR count). The topological polar surface area (TPSA) is 70.7 Å². The number of H-pyrrole nitrogens is 1. The van der Waals surface area contributed by atoms with Gasteiger partial charge in [-0.05, 0) is 55.3 Å². The summed E-state index contributed by atoms with van der Waals surface area (Å²) in [5.41, 5.74) is 7.36. The Morgan fingerprint density at radius 1 is 0.933 bits per heavy atom. The molecule has 2 N–H and O–H groups in total. The number of nitrogens with zero attached hydrogens (tertiary/aromatic N) is 2. The lowest BCUT2D eigenvalue weighted by Gasteiger charge is -2.34. The van der Waals surface area contributed by atoms with Crippen molar-refractivity contribution in [3.63, 3.8) is 0 Å². The molecule has 1 aromatic carbocycles. The van der Waals surface area contributed by atoms with Gasteiger partial charge in [0.05, 0.1) is 0 Å². The highest BCUT2D eigenvalue weighted by Gasteiger charge is 2.43. The number of pyridine rings is 2. The predicted molar refractivity (Wildman–Crippen MR) is 117 cm³/mol. The molecule has 0 atom stereocenters. The molecule has 1 spiro atoms. The second kappa shape index (κ2) is 6.61. The number of carbonyl (C=O) groups excluding carboxylic acids is 1. The fourth-order valence-electron chi connectivity index (χ4n) is 5.18. The van der Waals surface area contributed by atoms with Gasteiger partial charge in [0.15, 0.2) is 5.78 Å². The SMILES string of the molecule is O=C1CC2(CCNCC2)c2cc(-c3c[nH]c4ncc(-c5cccnc5)cc34)ccc21. The molecule has 1 aliphatic heterocycles. The molecule has 1 aliphatic carbocycles. The number of carbonyl (C=O) groups is 1. The summed E-state index contributed by atoms with van der Waals surface area (Å²) in [6, 6.07) is 12.5. The Kier molecular flexibility index (Phi) is 3.86. The van der Waals surface area contributed by atoms with E-state index in [2.05, 4.69) is 38.5 Å². The van der Waals surface area contributed by atoms with Crippen molar-refractivity contribution in [2.45, 2.75) is 24.7 Å². The van der Waals surface area contributed by atoms with Crippen molar-refractivity contribution in [3.8, 4) is 22.3 Å². The first-order valence-corrected chi connectivity index (χ1v) is 10.5. The lowest BCUT2D eigenvalue weighted by Crippen LogP contribution is -2.38. The van der Waals surface area contributed by atoms with Crippen LogP contribution in [0.3, 0.4) is 0 Å². The number of hydrogen-bond acceptors (Lipinski definition) is 4. The Morgan fingerprint density at radius 3 is 2.67 bits per heavy atom. The zero-order valence-corrected chi connectivity index (χ0v) is 16.6. The molecule has 148 valence electrons. The maximum Gasteiger partial charge on any atom is 0.164 e. The molecular formula is C25H22N4O. The van der Waals surface area contributed by atoms with Gasteiger partial charge in [-0.3, -0.25) is 9.78 Å². The number of aromatic nitrogens is 3. The van der Waals surface area contributed by atoms with Gasteiger partial charge in [0.2, 0.25) is 0 Å². The fourth-order valence-corrected chi connectivity index (χ4v) is 5.18. The third-order valence-corrected chi connectivity index (χ3v) is 6.79. The van der Waals surface area contributed by atoms with Crippen molar-refractivity contribution in [2.24, 2.45) is 0 Å². The average Bonchev–Trinajstić information content (AvgIpc) is 3.33. The van der Waals surface area contributed by atoms with Crippen LogP contribution in [0, 0.1) is 0 Å². The Balaban J connectivity index is 1.49. The van der Waals surface area contributed by atoms with E-state index in [9.17, 15) is 4.79 Å². The summed E-state index contributed by atoms with van der Waals surface area (Å²) < 4.78 is 0. The van der Waals surface area contributed by atoms with Crippen molar-refractivity contribution in [1.29, 1.82) is 0 Å². The van der Waals surface area contributed by atoms with Gasteiger partial charge in [0.1, 0.15) is 5.65 Å². The molecule has 30 heavy (non-hydrogen) atoms. The van der Waals surface area contributed by atoms with Gasteiger partial charge in [-0.2, -0.15) is 0 Å². The number of benzene rings is 1. The van der Waals surface area contributed by atoms with Crippen molar-refractivity contribution in [1.82, 2.24) is 20.3 Å². The van der Waals surface area contributed by atoms with Crippen LogP contribution in [0.15, 0.2) is 61.2 Å². The van der Waals surface area contributed by atoms with Crippen LogP contribution >= 0.6 is 0 Å². The van der Waals surface area contributed by atoms with Crippen LogP contribution in [0.5, 0.6) is 0 Å². The molecule has 5 heteroatoms. The molecule has 1 fully saturated rings. The van der Waals surface area contributed by atoms with Gasteiger partial charge >= 0.3 is 0 Å². The molecular weight excluding hydrogens is 372 g/mol. The molecule has 5 nitrogen and oxygen atoms in total. The minimum atomic E-state index is -0.00109. The minimum absolute atomic E-state index is 0.00109. The molecule has 0 bridgehead atoms. The molecule has 4 heterocycles. The Morgan fingerprint density at radius 2 is 1.83 bits per heavy atom. The van der Waals surface area contributed by atoms with Crippen LogP contribution in [-0.4, -0.2) is 33.8 Å². The summed E-state index contributed by atoms with van der Waals surface area (Å²) in [5.74, 6) is 0.290. The van der Waals surface area contributed by atoms with E-state index < -0.39 is 0 Å². The van der Waals surface area contributed by atoms with Crippen LogP contribution in [0.2, 0.25) is 0 Å². The maximum absolute atomic E-state index is 12.7. The van der Waals surface area contributed by atoms with E-state index in [1.807, 2.05) is 36.8 Å². The lowest BCUT2D eigenvalue weighted by atomic mass is 9.74. The number of fused-ring (bicyclic) bond motifs is 3. The number of nitrogens with one attached hydrogen (secondary N) is 2. The van der Waals surface area contributed by atoms with Crippen molar-refractivity contribution in [2.75, 3.05) is 13.1 Å². The quantitative estimate of drug-likeness (QED) is 0.525. The van der Waals surface area contributed by atoms with Gasteiger partial charge < -0.3 is 10.3 Å². The third kappa shape index (κ3) is 2.62. The summed E-state index contributed by atoms with van der Waals surface area (Å²) in [6.45, 7) is 1.95. The monoisotopic (exact) mass is 394 g/mol. The van der Waals surface area contributed by atoms with Crippen LogP contribution in [0.1, 0.15) is 35.2 Å². The van der Waals surface area contributed by atoms with Gasteiger partial charge in [0.25, 0.3) is 0 Å². The average molecular weight is 394 g/mol. The number of aromatic amines is 1. The van der Waals surface area contributed by atoms with Crippen molar-refractivity contribution < 1.29 is 4.79 Å². The summed E-state index contributed by atoms with van der Waals surface area (Å²) in [4.78, 5) is 24.9. The van der Waals surface area contributed by atoms with E-state index in [1.54, 1.807) is 6.20 Å². The highest BCUT2D eigenvalue weighted by Crippen LogP contribution is 2.46. The van der Waals surface area contributed by atoms with E-state index in [4.69, 9.17) is 0 Å². The largest absolute Gasteiger partial charge is 0.346 e. The molecule has 4 aromatic rings. The number of hydrogen-bond donors (Lipinski definition) is 2. The fraction of sp³-hybridized carbons (Fsp3) is 0.240. The van der Waals surface area contributed by atoms with Gasteiger partial charge in [-0.15, -0.1) is 0 Å².